The Morgan fingerprint density at radius 2 is 0.949 bits per heavy atom. The molecule has 2 rings (SSSR count). The van der Waals surface area contributed by atoms with E-state index in [1.807, 2.05) is 0 Å². The zero-order valence-corrected chi connectivity index (χ0v) is 25.2. The molecule has 2 atom stereocenters. The normalized spacial score (nSPS) is 14.0. The molecule has 1 radical (unpaired) electrons. The number of aliphatic imine (C=N–C) groups is 2. The van der Waals surface area contributed by atoms with Gasteiger partial charge in [0.05, 0.1) is 13.2 Å². The summed E-state index contributed by atoms with van der Waals surface area (Å²) < 4.78 is 0. The third kappa shape index (κ3) is 9.04. The van der Waals surface area contributed by atoms with E-state index >= 15 is 0 Å². The van der Waals surface area contributed by atoms with Gasteiger partial charge in [0.1, 0.15) is 12.1 Å². The van der Waals surface area contributed by atoms with Crippen LogP contribution in [-0.4, -0.2) is 47.4 Å². The molecule has 7 heteroatoms. The molecule has 0 bridgehead atoms. The summed E-state index contributed by atoms with van der Waals surface area (Å²) in [6.07, 6.45) is 6.23. The number of carbonyl (C=O) groups excluding carboxylic acids is 2. The number of hydrogen-bond donors (Lipinski definition) is 2. The molecule has 6 nitrogen and oxygen atoms in total. The predicted octanol–water partition coefficient (Wildman–Crippen LogP) is 5.47. The Hall–Kier alpha value is -2.97. The average Bonchev–Trinajstić information content (AvgIpc) is 2.80. The zero-order chi connectivity index (χ0) is 28.6. The van der Waals surface area contributed by atoms with Gasteiger partial charge >= 0.3 is 0 Å². The number of benzene rings is 2. The Bertz CT molecular complexity index is 1170. The van der Waals surface area contributed by atoms with Crippen LogP contribution in [0.1, 0.15) is 70.4 Å². The van der Waals surface area contributed by atoms with Gasteiger partial charge in [-0.05, 0) is 101 Å². The van der Waals surface area contributed by atoms with E-state index in [-0.39, 0.29) is 52.7 Å². The topological polar surface area (TPSA) is 99.3 Å². The van der Waals surface area contributed by atoms with Crippen LogP contribution in [0.3, 0.4) is 0 Å². The van der Waals surface area contributed by atoms with Crippen molar-refractivity contribution in [2.24, 2.45) is 9.98 Å². The van der Waals surface area contributed by atoms with E-state index < -0.39 is 12.1 Å². The maximum atomic E-state index is 11.9. The maximum Gasteiger partial charge on any atom is 0.158 e. The Kier molecular flexibility index (Phi) is 13.6. The van der Waals surface area contributed by atoms with Gasteiger partial charge in [-0.3, -0.25) is 19.6 Å². The molecule has 0 saturated heterocycles. The number of allylic oxidation sites excluding steroid dienone is 2. The molecule has 0 spiro atoms. The van der Waals surface area contributed by atoms with Crippen molar-refractivity contribution >= 4 is 24.0 Å². The molecule has 0 aromatic heterocycles. The summed E-state index contributed by atoms with van der Waals surface area (Å²) >= 11 is 0. The van der Waals surface area contributed by atoms with E-state index in [0.29, 0.717) is 0 Å². The van der Waals surface area contributed by atoms with Crippen LogP contribution in [-0.2, 0) is 26.4 Å². The van der Waals surface area contributed by atoms with Gasteiger partial charge in [0.25, 0.3) is 0 Å². The number of aryl methyl sites for hydroxylation is 6. The number of aliphatic hydroxyl groups is 2. The zero-order valence-electron chi connectivity index (χ0n) is 24.1. The van der Waals surface area contributed by atoms with Gasteiger partial charge in [0, 0.05) is 40.4 Å². The molecule has 0 amide bonds. The molecule has 0 aliphatic rings. The molecule has 0 unspecified atom stereocenters. The van der Waals surface area contributed by atoms with Crippen LogP contribution in [0.5, 0.6) is 0 Å². The molecule has 0 heterocycles. The standard InChI is InChI=1S/C32H40N2O4.Co/c1-19-13-21(3)29(22(4)14-19)31(33-11-9-27(17-35)25(7)37)32(34-12-10-28(18-36)26(8)38)30-23(5)15-20(2)16-24(30)6;/h9-16,31-32,35-36H,17-18H2,1-8H3;/b27-9+,28-10+,33-11?,34-12?;/t31-,32-;/m1./s1. The van der Waals surface area contributed by atoms with Crippen LogP contribution in [0.25, 0.3) is 0 Å². The molecule has 0 saturated carbocycles. The number of ketones is 2. The first-order chi connectivity index (χ1) is 17.9. The fraction of sp³-hybridized carbons (Fsp3) is 0.375. The van der Waals surface area contributed by atoms with Gasteiger partial charge in [-0.1, -0.05) is 35.4 Å². The number of Topliss-reactive ketones (excluding diaryl/α,β-unsaturated/α-hetero) is 2. The molecule has 0 aliphatic carbocycles. The van der Waals surface area contributed by atoms with Crippen LogP contribution in [0.4, 0.5) is 0 Å². The summed E-state index contributed by atoms with van der Waals surface area (Å²) in [5.74, 6) is -0.437. The Balaban J connectivity index is 0.00000760. The number of nitrogens with zero attached hydrogens (tertiary/aromatic N) is 2. The molecule has 39 heavy (non-hydrogen) atoms. The van der Waals surface area contributed by atoms with Crippen LogP contribution >= 0.6 is 0 Å². The largest absolute Gasteiger partial charge is 0.392 e. The summed E-state index contributed by atoms with van der Waals surface area (Å²) in [6, 6.07) is 7.54. The fourth-order valence-corrected chi connectivity index (χ4v) is 4.96. The van der Waals surface area contributed by atoms with Gasteiger partial charge in [-0.15, -0.1) is 0 Å². The number of carbonyl (C=O) groups is 2. The molecule has 211 valence electrons. The molecule has 2 aromatic carbocycles. The second-order valence-electron chi connectivity index (χ2n) is 9.92. The van der Waals surface area contributed by atoms with Crippen LogP contribution in [0.15, 0.2) is 57.5 Å². The van der Waals surface area contributed by atoms with Crippen molar-refractivity contribution < 1.29 is 36.6 Å². The fourth-order valence-electron chi connectivity index (χ4n) is 4.96. The van der Waals surface area contributed by atoms with Gasteiger partial charge in [0.15, 0.2) is 11.6 Å². The Labute approximate surface area is 242 Å². The summed E-state index contributed by atoms with van der Waals surface area (Å²) in [5.41, 5.74) is 9.15. The van der Waals surface area contributed by atoms with Crippen LogP contribution in [0.2, 0.25) is 0 Å². The SMILES string of the molecule is CC(=O)/C(=C/C=N[C@H](c1c(C)cc(C)cc1C)[C@H](N=C/C=C(\CO)C(C)=O)c1c(C)cc(C)cc1C)CO.[Co]. The first-order valence-electron chi connectivity index (χ1n) is 12.7. The van der Waals surface area contributed by atoms with E-state index in [0.717, 1.165) is 44.5 Å². The van der Waals surface area contributed by atoms with Crippen molar-refractivity contribution in [3.05, 3.63) is 92.1 Å². The van der Waals surface area contributed by atoms with E-state index in [1.54, 1.807) is 24.6 Å². The van der Waals surface area contributed by atoms with Crippen molar-refractivity contribution in [1.82, 2.24) is 0 Å². The molecule has 0 fully saturated rings. The van der Waals surface area contributed by atoms with E-state index in [2.05, 4.69) is 65.8 Å². The molecule has 0 aliphatic heterocycles. The number of rotatable bonds is 11. The number of aliphatic hydroxyl groups excluding tert-OH is 2. The van der Waals surface area contributed by atoms with Crippen LogP contribution < -0.4 is 0 Å². The monoisotopic (exact) mass is 575 g/mol. The maximum absolute atomic E-state index is 11.9. The number of hydrogen-bond acceptors (Lipinski definition) is 6. The second-order valence-corrected chi connectivity index (χ2v) is 9.92. The predicted molar refractivity (Wildman–Crippen MR) is 155 cm³/mol. The van der Waals surface area contributed by atoms with E-state index in [9.17, 15) is 19.8 Å². The summed E-state index contributed by atoms with van der Waals surface area (Å²) in [4.78, 5) is 33.6. The summed E-state index contributed by atoms with van der Waals surface area (Å²) in [7, 11) is 0. The Morgan fingerprint density at radius 3 is 1.18 bits per heavy atom. The second kappa shape index (κ2) is 15.6. The van der Waals surface area contributed by atoms with Crippen molar-refractivity contribution in [1.29, 1.82) is 0 Å². The first-order valence-corrected chi connectivity index (χ1v) is 12.7. The van der Waals surface area contributed by atoms with Crippen molar-refractivity contribution in [2.75, 3.05) is 13.2 Å². The minimum atomic E-state index is -0.460. The first kappa shape index (κ1) is 34.1. The van der Waals surface area contributed by atoms with Crippen LogP contribution in [0, 0.1) is 41.5 Å². The van der Waals surface area contributed by atoms with E-state index in [4.69, 9.17) is 9.98 Å². The molecular formula is C32H40CoN2O4. The van der Waals surface area contributed by atoms with Gasteiger partial charge in [0.2, 0.25) is 0 Å². The summed E-state index contributed by atoms with van der Waals surface area (Å²) in [5, 5.41) is 19.2. The average molecular weight is 576 g/mol. The van der Waals surface area contributed by atoms with E-state index in [1.165, 1.54) is 13.8 Å². The quantitative estimate of drug-likeness (QED) is 0.274. The molecule has 2 N–H and O–H groups in total. The third-order valence-electron chi connectivity index (χ3n) is 6.66. The Morgan fingerprint density at radius 1 is 0.667 bits per heavy atom. The molecular weight excluding hydrogens is 535 g/mol. The smallest absolute Gasteiger partial charge is 0.158 e. The minimum Gasteiger partial charge on any atom is -0.392 e. The van der Waals surface area contributed by atoms with Crippen molar-refractivity contribution in [3.63, 3.8) is 0 Å². The van der Waals surface area contributed by atoms with Gasteiger partial charge in [-0.25, -0.2) is 0 Å². The summed E-state index contributed by atoms with van der Waals surface area (Å²) in [6.45, 7) is 14.4. The van der Waals surface area contributed by atoms with Gasteiger partial charge < -0.3 is 10.2 Å². The van der Waals surface area contributed by atoms with Gasteiger partial charge in [-0.2, -0.15) is 0 Å². The molecule has 2 aromatic rings. The third-order valence-corrected chi connectivity index (χ3v) is 6.66. The van der Waals surface area contributed by atoms with Crippen molar-refractivity contribution in [2.45, 2.75) is 67.5 Å². The minimum absolute atomic E-state index is 0. The van der Waals surface area contributed by atoms with Crippen molar-refractivity contribution in [3.8, 4) is 0 Å².